The number of hydrogen-bond donors (Lipinski definition) is 1. The smallest absolute Gasteiger partial charge is 0.271 e. The highest BCUT2D eigenvalue weighted by atomic mass is 32.2. The maximum absolute atomic E-state index is 12.3. The predicted octanol–water partition coefficient (Wildman–Crippen LogP) is 2.97. The van der Waals surface area contributed by atoms with Gasteiger partial charge in [0.1, 0.15) is 5.75 Å². The van der Waals surface area contributed by atoms with E-state index in [2.05, 4.69) is 5.32 Å². The van der Waals surface area contributed by atoms with Crippen molar-refractivity contribution in [1.82, 2.24) is 0 Å². The van der Waals surface area contributed by atoms with Gasteiger partial charge in [-0.25, -0.2) is 8.42 Å². The summed E-state index contributed by atoms with van der Waals surface area (Å²) < 4.78 is 29.3. The van der Waals surface area contributed by atoms with Crippen molar-refractivity contribution < 1.29 is 22.9 Å². The van der Waals surface area contributed by atoms with E-state index in [9.17, 15) is 23.3 Å². The van der Waals surface area contributed by atoms with E-state index in [4.69, 9.17) is 4.74 Å². The van der Waals surface area contributed by atoms with Gasteiger partial charge in [-0.3, -0.25) is 14.9 Å². The number of ether oxygens (including phenoxy) is 1. The molecule has 144 valence electrons. The first-order valence-corrected chi connectivity index (χ1v) is 9.65. The summed E-state index contributed by atoms with van der Waals surface area (Å²) in [5.41, 5.74) is 0.629. The van der Waals surface area contributed by atoms with Crippen molar-refractivity contribution >= 4 is 27.1 Å². The molecule has 0 aliphatic carbocycles. The van der Waals surface area contributed by atoms with Gasteiger partial charge < -0.3 is 10.1 Å². The van der Waals surface area contributed by atoms with Crippen LogP contribution in [0.15, 0.2) is 47.4 Å². The van der Waals surface area contributed by atoms with Gasteiger partial charge in [-0.05, 0) is 37.6 Å². The number of nitrogens with one attached hydrogen (secondary N) is 1. The van der Waals surface area contributed by atoms with E-state index in [-0.39, 0.29) is 22.7 Å². The number of carbonyl (C=O) groups excluding carboxylic acids is 1. The number of amides is 1. The molecule has 2 aromatic rings. The number of sulfone groups is 1. The van der Waals surface area contributed by atoms with E-state index in [1.54, 1.807) is 26.0 Å². The van der Waals surface area contributed by atoms with Gasteiger partial charge in [-0.15, -0.1) is 0 Å². The number of nitrogens with zero attached hydrogens (tertiary/aromatic N) is 1. The minimum atomic E-state index is -3.37. The summed E-state index contributed by atoms with van der Waals surface area (Å²) in [6.07, 6.45) is -0.0200. The quantitative estimate of drug-likeness (QED) is 0.572. The molecule has 2 aromatic carbocycles. The van der Waals surface area contributed by atoms with Crippen LogP contribution in [0.3, 0.4) is 0 Å². The van der Waals surface area contributed by atoms with Crippen molar-refractivity contribution in [3.8, 4) is 5.75 Å². The van der Waals surface area contributed by atoms with Crippen LogP contribution >= 0.6 is 0 Å². The summed E-state index contributed by atoms with van der Waals surface area (Å²) in [6.45, 7) is 3.20. The van der Waals surface area contributed by atoms with Crippen LogP contribution < -0.4 is 10.1 Å². The Labute approximate surface area is 157 Å². The fourth-order valence-corrected chi connectivity index (χ4v) is 3.42. The zero-order valence-corrected chi connectivity index (χ0v) is 15.9. The highest BCUT2D eigenvalue weighted by molar-refractivity contribution is 7.92. The molecule has 0 atom stereocenters. The molecular formula is C18H20N2O6S. The molecule has 0 aliphatic rings. The minimum Gasteiger partial charge on any atom is -0.495 e. The lowest BCUT2D eigenvalue weighted by atomic mass is 10.1. The molecule has 1 amide bonds. The lowest BCUT2D eigenvalue weighted by Crippen LogP contribution is -2.16. The minimum absolute atomic E-state index is 0.0200. The van der Waals surface area contributed by atoms with E-state index in [0.717, 1.165) is 0 Å². The Kier molecular flexibility index (Phi) is 6.17. The molecule has 0 bridgehead atoms. The van der Waals surface area contributed by atoms with Crippen LogP contribution in [0.25, 0.3) is 0 Å². The van der Waals surface area contributed by atoms with Gasteiger partial charge in [-0.2, -0.15) is 0 Å². The molecule has 0 aromatic heterocycles. The van der Waals surface area contributed by atoms with E-state index in [1.807, 2.05) is 0 Å². The third-order valence-electron chi connectivity index (χ3n) is 3.91. The second-order valence-corrected chi connectivity index (χ2v) is 8.61. The lowest BCUT2D eigenvalue weighted by molar-refractivity contribution is -0.384. The SMILES string of the molecule is COc1ccc([N+](=O)[O-])cc1NC(=O)Cc1ccc(S(=O)(=O)C(C)C)cc1. The Balaban J connectivity index is 2.15. The Morgan fingerprint density at radius 2 is 1.81 bits per heavy atom. The molecule has 0 saturated carbocycles. The van der Waals surface area contributed by atoms with Gasteiger partial charge in [0.25, 0.3) is 5.69 Å². The van der Waals surface area contributed by atoms with E-state index < -0.39 is 25.9 Å². The molecule has 8 nitrogen and oxygen atoms in total. The first-order valence-electron chi connectivity index (χ1n) is 8.10. The average molecular weight is 392 g/mol. The molecule has 2 rings (SSSR count). The van der Waals surface area contributed by atoms with Crippen LogP contribution in [0, 0.1) is 10.1 Å². The molecule has 0 heterocycles. The van der Waals surface area contributed by atoms with Gasteiger partial charge in [0.15, 0.2) is 9.84 Å². The molecule has 0 spiro atoms. The van der Waals surface area contributed by atoms with Gasteiger partial charge in [-0.1, -0.05) is 12.1 Å². The largest absolute Gasteiger partial charge is 0.495 e. The number of benzene rings is 2. The van der Waals surface area contributed by atoms with Crippen molar-refractivity contribution in [2.45, 2.75) is 30.4 Å². The molecule has 0 aliphatic heterocycles. The van der Waals surface area contributed by atoms with Crippen LogP contribution in [0.5, 0.6) is 5.75 Å². The van der Waals surface area contributed by atoms with Crippen LogP contribution in [-0.2, 0) is 21.1 Å². The van der Waals surface area contributed by atoms with Crippen molar-refractivity contribution in [2.75, 3.05) is 12.4 Å². The second-order valence-electron chi connectivity index (χ2n) is 6.10. The number of nitro groups is 1. The fourth-order valence-electron chi connectivity index (χ4n) is 2.36. The summed E-state index contributed by atoms with van der Waals surface area (Å²) in [5.74, 6) is -0.111. The molecule has 0 radical (unpaired) electrons. The van der Waals surface area contributed by atoms with Crippen molar-refractivity contribution in [3.05, 3.63) is 58.1 Å². The van der Waals surface area contributed by atoms with Crippen LogP contribution in [-0.4, -0.2) is 31.6 Å². The number of nitro benzene ring substituents is 1. The molecule has 1 N–H and O–H groups in total. The molecule has 0 fully saturated rings. The zero-order chi connectivity index (χ0) is 20.2. The Morgan fingerprint density at radius 3 is 2.33 bits per heavy atom. The molecule has 0 saturated heterocycles. The number of methoxy groups -OCH3 is 1. The number of non-ortho nitro benzene ring substituents is 1. The molecule has 9 heteroatoms. The second kappa shape index (κ2) is 8.17. The standard InChI is InChI=1S/C18H20N2O6S/c1-12(2)27(24,25)15-7-4-13(5-8-15)10-18(21)19-16-11-14(20(22)23)6-9-17(16)26-3/h4-9,11-12H,10H2,1-3H3,(H,19,21). The summed E-state index contributed by atoms with van der Waals surface area (Å²) in [5, 5.41) is 12.9. The Morgan fingerprint density at radius 1 is 1.19 bits per heavy atom. The van der Waals surface area contributed by atoms with Crippen molar-refractivity contribution in [3.63, 3.8) is 0 Å². The normalized spacial score (nSPS) is 11.3. The molecule has 0 unspecified atom stereocenters. The zero-order valence-electron chi connectivity index (χ0n) is 15.1. The number of hydrogen-bond acceptors (Lipinski definition) is 6. The van der Waals surface area contributed by atoms with Gasteiger partial charge in [0.2, 0.25) is 5.91 Å². The molecule has 27 heavy (non-hydrogen) atoms. The van der Waals surface area contributed by atoms with Gasteiger partial charge in [0, 0.05) is 12.1 Å². The topological polar surface area (TPSA) is 116 Å². The van der Waals surface area contributed by atoms with Gasteiger partial charge >= 0.3 is 0 Å². The van der Waals surface area contributed by atoms with E-state index in [1.165, 1.54) is 37.4 Å². The summed E-state index contributed by atoms with van der Waals surface area (Å²) in [4.78, 5) is 22.8. The third-order valence-corrected chi connectivity index (χ3v) is 6.08. The van der Waals surface area contributed by atoms with Gasteiger partial charge in [0.05, 0.1) is 34.3 Å². The molecular weight excluding hydrogens is 372 g/mol. The van der Waals surface area contributed by atoms with E-state index >= 15 is 0 Å². The summed E-state index contributed by atoms with van der Waals surface area (Å²) in [7, 11) is -1.98. The Hall–Kier alpha value is -2.94. The fraction of sp³-hybridized carbons (Fsp3) is 0.278. The van der Waals surface area contributed by atoms with Crippen LogP contribution in [0.4, 0.5) is 11.4 Å². The summed E-state index contributed by atoms with van der Waals surface area (Å²) in [6, 6.07) is 9.97. The van der Waals surface area contributed by atoms with E-state index in [0.29, 0.717) is 11.3 Å². The monoisotopic (exact) mass is 392 g/mol. The van der Waals surface area contributed by atoms with Crippen LogP contribution in [0.2, 0.25) is 0 Å². The summed E-state index contributed by atoms with van der Waals surface area (Å²) >= 11 is 0. The third kappa shape index (κ3) is 4.82. The Bertz CT molecular complexity index is 952. The highest BCUT2D eigenvalue weighted by Crippen LogP contribution is 2.29. The first-order chi connectivity index (χ1) is 12.6. The lowest BCUT2D eigenvalue weighted by Gasteiger charge is -2.11. The maximum Gasteiger partial charge on any atom is 0.271 e. The van der Waals surface area contributed by atoms with Crippen molar-refractivity contribution in [1.29, 1.82) is 0 Å². The highest BCUT2D eigenvalue weighted by Gasteiger charge is 2.19. The first kappa shape index (κ1) is 20.4. The average Bonchev–Trinajstić information content (AvgIpc) is 2.61. The maximum atomic E-state index is 12.3. The predicted molar refractivity (Wildman–Crippen MR) is 101 cm³/mol. The van der Waals surface area contributed by atoms with Crippen molar-refractivity contribution in [2.24, 2.45) is 0 Å². The number of anilines is 1. The number of carbonyl (C=O) groups is 1. The van der Waals surface area contributed by atoms with Crippen LogP contribution in [0.1, 0.15) is 19.4 Å². The number of rotatable bonds is 7.